The van der Waals surface area contributed by atoms with Crippen LogP contribution in [0.5, 0.6) is 5.75 Å². The van der Waals surface area contributed by atoms with Crippen molar-refractivity contribution in [1.29, 1.82) is 5.41 Å². The van der Waals surface area contributed by atoms with E-state index in [0.29, 0.717) is 16.0 Å². The van der Waals surface area contributed by atoms with Crippen LogP contribution in [0.25, 0.3) is 6.08 Å². The SMILES string of the molecule is COc1ccc(C=C2C(=N)N3N=C(CC(=O)N4CCCC4)SC3=NC2=O)cc1. The highest BCUT2D eigenvalue weighted by Gasteiger charge is 2.36. The van der Waals surface area contributed by atoms with Crippen LogP contribution in [0.3, 0.4) is 0 Å². The third-order valence-corrected chi connectivity index (χ3v) is 5.59. The molecule has 0 radical (unpaired) electrons. The van der Waals surface area contributed by atoms with Gasteiger partial charge in [-0.3, -0.25) is 15.0 Å². The number of hydrazone groups is 1. The maximum absolute atomic E-state index is 12.4. The number of ether oxygens (including phenoxy) is 1. The molecule has 1 N–H and O–H groups in total. The van der Waals surface area contributed by atoms with Gasteiger partial charge >= 0.3 is 0 Å². The van der Waals surface area contributed by atoms with Gasteiger partial charge in [-0.05, 0) is 48.4 Å². The van der Waals surface area contributed by atoms with Gasteiger partial charge in [0.2, 0.25) is 11.1 Å². The average Bonchev–Trinajstić information content (AvgIpc) is 3.35. The highest BCUT2D eigenvalue weighted by Crippen LogP contribution is 2.30. The summed E-state index contributed by atoms with van der Waals surface area (Å²) in [6.45, 7) is 1.56. The normalized spacial score (nSPS) is 20.4. The summed E-state index contributed by atoms with van der Waals surface area (Å²) >= 11 is 1.18. The first-order valence-corrected chi connectivity index (χ1v) is 9.78. The Kier molecular flexibility index (Phi) is 4.99. The van der Waals surface area contributed by atoms with Crippen LogP contribution in [0.1, 0.15) is 24.8 Å². The maximum atomic E-state index is 12.4. The minimum Gasteiger partial charge on any atom is -0.497 e. The molecule has 8 nitrogen and oxygen atoms in total. The van der Waals surface area contributed by atoms with Crippen molar-refractivity contribution in [2.45, 2.75) is 19.3 Å². The van der Waals surface area contributed by atoms with Gasteiger partial charge in [-0.2, -0.15) is 15.1 Å². The quantitative estimate of drug-likeness (QED) is 0.786. The van der Waals surface area contributed by atoms with E-state index < -0.39 is 5.91 Å². The summed E-state index contributed by atoms with van der Waals surface area (Å²) in [4.78, 5) is 30.6. The van der Waals surface area contributed by atoms with Gasteiger partial charge in [-0.25, -0.2) is 0 Å². The Balaban J connectivity index is 1.52. The second-order valence-electron chi connectivity index (χ2n) is 6.55. The molecule has 4 rings (SSSR count). The Morgan fingerprint density at radius 2 is 2.00 bits per heavy atom. The lowest BCUT2D eigenvalue weighted by Gasteiger charge is -2.20. The van der Waals surface area contributed by atoms with Gasteiger partial charge in [0.05, 0.1) is 19.1 Å². The van der Waals surface area contributed by atoms with Gasteiger partial charge in [0, 0.05) is 13.1 Å². The van der Waals surface area contributed by atoms with E-state index in [0.717, 1.165) is 31.5 Å². The summed E-state index contributed by atoms with van der Waals surface area (Å²) in [6.07, 6.45) is 3.84. The molecule has 9 heteroatoms. The summed E-state index contributed by atoms with van der Waals surface area (Å²) < 4.78 is 5.13. The Hall–Kier alpha value is -2.94. The second-order valence-corrected chi connectivity index (χ2v) is 7.59. The fourth-order valence-electron chi connectivity index (χ4n) is 3.18. The molecule has 0 unspecified atom stereocenters. The van der Waals surface area contributed by atoms with Gasteiger partial charge in [0.15, 0.2) is 5.84 Å². The van der Waals surface area contributed by atoms with Crippen molar-refractivity contribution in [2.24, 2.45) is 10.1 Å². The number of nitrogens with zero attached hydrogens (tertiary/aromatic N) is 4. The zero-order chi connectivity index (χ0) is 19.7. The number of carbonyl (C=O) groups is 2. The summed E-state index contributed by atoms with van der Waals surface area (Å²) in [5.41, 5.74) is 0.915. The predicted molar refractivity (Wildman–Crippen MR) is 108 cm³/mol. The number of benzene rings is 1. The summed E-state index contributed by atoms with van der Waals surface area (Å²) in [5.74, 6) is 0.209. The van der Waals surface area contributed by atoms with Crippen LogP contribution in [0.2, 0.25) is 0 Å². The summed E-state index contributed by atoms with van der Waals surface area (Å²) in [5, 5.41) is 14.9. The van der Waals surface area contributed by atoms with Crippen molar-refractivity contribution in [3.63, 3.8) is 0 Å². The van der Waals surface area contributed by atoms with Gasteiger partial charge in [0.1, 0.15) is 10.8 Å². The molecule has 0 aromatic heterocycles. The van der Waals surface area contributed by atoms with E-state index in [-0.39, 0.29) is 23.7 Å². The van der Waals surface area contributed by atoms with Crippen molar-refractivity contribution in [3.8, 4) is 5.75 Å². The van der Waals surface area contributed by atoms with Crippen molar-refractivity contribution < 1.29 is 14.3 Å². The molecule has 0 spiro atoms. The van der Waals surface area contributed by atoms with Crippen LogP contribution in [-0.2, 0) is 9.59 Å². The lowest BCUT2D eigenvalue weighted by atomic mass is 10.1. The molecule has 0 bridgehead atoms. The zero-order valence-electron chi connectivity index (χ0n) is 15.3. The van der Waals surface area contributed by atoms with Gasteiger partial charge in [0.25, 0.3) is 5.91 Å². The largest absolute Gasteiger partial charge is 0.497 e. The van der Waals surface area contributed by atoms with E-state index in [2.05, 4.69) is 10.1 Å². The number of fused-ring (bicyclic) bond motifs is 1. The smallest absolute Gasteiger partial charge is 0.283 e. The number of amides is 2. The van der Waals surface area contributed by atoms with E-state index in [9.17, 15) is 9.59 Å². The van der Waals surface area contributed by atoms with Crippen LogP contribution in [0, 0.1) is 5.41 Å². The number of hydrogen-bond donors (Lipinski definition) is 1. The van der Waals surface area contributed by atoms with Crippen LogP contribution in [0.4, 0.5) is 0 Å². The lowest BCUT2D eigenvalue weighted by molar-refractivity contribution is -0.128. The first-order chi connectivity index (χ1) is 13.5. The Morgan fingerprint density at radius 1 is 1.29 bits per heavy atom. The van der Waals surface area contributed by atoms with Crippen molar-refractivity contribution in [1.82, 2.24) is 9.91 Å². The molecule has 2 amide bonds. The molecule has 3 heterocycles. The number of hydrogen-bond acceptors (Lipinski definition) is 6. The van der Waals surface area contributed by atoms with Crippen LogP contribution < -0.4 is 4.74 Å². The monoisotopic (exact) mass is 397 g/mol. The highest BCUT2D eigenvalue weighted by atomic mass is 32.2. The van der Waals surface area contributed by atoms with E-state index >= 15 is 0 Å². The number of methoxy groups -OCH3 is 1. The molecule has 0 atom stereocenters. The Morgan fingerprint density at radius 3 is 2.68 bits per heavy atom. The van der Waals surface area contributed by atoms with E-state index in [1.54, 1.807) is 37.5 Å². The Bertz CT molecular complexity index is 929. The molecule has 28 heavy (non-hydrogen) atoms. The van der Waals surface area contributed by atoms with E-state index in [1.165, 1.54) is 16.8 Å². The van der Waals surface area contributed by atoms with Crippen LogP contribution >= 0.6 is 11.8 Å². The lowest BCUT2D eigenvalue weighted by Crippen LogP contribution is -2.35. The van der Waals surface area contributed by atoms with Gasteiger partial charge in [-0.1, -0.05) is 12.1 Å². The molecular formula is C19H19N5O3S. The van der Waals surface area contributed by atoms with Crippen molar-refractivity contribution in [3.05, 3.63) is 35.4 Å². The number of likely N-dealkylation sites (tertiary alicyclic amines) is 1. The molecule has 1 saturated heterocycles. The second kappa shape index (κ2) is 7.59. The number of thioether (sulfide) groups is 1. The van der Waals surface area contributed by atoms with Crippen molar-refractivity contribution in [2.75, 3.05) is 20.2 Å². The number of aliphatic imine (C=N–C) groups is 1. The highest BCUT2D eigenvalue weighted by molar-refractivity contribution is 8.27. The molecule has 0 saturated carbocycles. The number of carbonyl (C=O) groups excluding carboxylic acids is 2. The minimum atomic E-state index is -0.484. The standard InChI is InChI=1S/C19H19N5O3S/c1-27-13-6-4-12(5-7-13)10-14-17(20)24-19(21-18(14)26)28-15(22-24)11-16(25)23-8-2-3-9-23/h4-7,10,20H,2-3,8-9,11H2,1H3. The molecule has 1 fully saturated rings. The maximum Gasteiger partial charge on any atom is 0.283 e. The first-order valence-electron chi connectivity index (χ1n) is 8.96. The van der Waals surface area contributed by atoms with Crippen LogP contribution in [-0.4, -0.2) is 58.0 Å². The zero-order valence-corrected chi connectivity index (χ0v) is 16.2. The number of rotatable bonds is 4. The molecule has 0 aliphatic carbocycles. The first kappa shape index (κ1) is 18.4. The summed E-state index contributed by atoms with van der Waals surface area (Å²) in [6, 6.07) is 7.16. The fourth-order valence-corrected chi connectivity index (χ4v) is 4.05. The summed E-state index contributed by atoms with van der Waals surface area (Å²) in [7, 11) is 1.58. The average molecular weight is 397 g/mol. The van der Waals surface area contributed by atoms with E-state index in [4.69, 9.17) is 10.1 Å². The molecule has 1 aromatic rings. The molecule has 3 aliphatic heterocycles. The molecule has 1 aromatic carbocycles. The third-order valence-electron chi connectivity index (χ3n) is 4.68. The number of amidine groups is 2. The predicted octanol–water partition coefficient (Wildman–Crippen LogP) is 2.33. The van der Waals surface area contributed by atoms with Crippen LogP contribution in [0.15, 0.2) is 39.9 Å². The third kappa shape index (κ3) is 3.57. The topological polar surface area (TPSA) is 98.4 Å². The van der Waals surface area contributed by atoms with Crippen molar-refractivity contribution >= 4 is 45.7 Å². The molecular weight excluding hydrogens is 378 g/mol. The van der Waals surface area contributed by atoms with E-state index in [1.807, 2.05) is 4.90 Å². The fraction of sp³-hybridized carbons (Fsp3) is 0.316. The van der Waals surface area contributed by atoms with Gasteiger partial charge < -0.3 is 9.64 Å². The Labute approximate surface area is 166 Å². The molecule has 3 aliphatic rings. The molecule has 144 valence electrons. The number of nitrogens with one attached hydrogen (secondary N) is 1. The minimum absolute atomic E-state index is 0.0241. The van der Waals surface area contributed by atoms with Gasteiger partial charge in [-0.15, -0.1) is 0 Å².